The number of ether oxygens (including phenoxy) is 1. The van der Waals surface area contributed by atoms with Crippen molar-refractivity contribution in [3.63, 3.8) is 0 Å². The molecule has 2 fully saturated rings. The summed E-state index contributed by atoms with van der Waals surface area (Å²) < 4.78 is 5.46. The van der Waals surface area contributed by atoms with Crippen LogP contribution < -0.4 is 10.6 Å². The second-order valence-corrected chi connectivity index (χ2v) is 7.67. The van der Waals surface area contributed by atoms with Crippen molar-refractivity contribution in [1.29, 1.82) is 0 Å². The van der Waals surface area contributed by atoms with E-state index < -0.39 is 0 Å². The molecule has 134 valence electrons. The van der Waals surface area contributed by atoms with Gasteiger partial charge in [-0.1, -0.05) is 13.3 Å². The van der Waals surface area contributed by atoms with E-state index in [0.717, 1.165) is 51.9 Å². The monoisotopic (exact) mass is 324 g/mol. The number of hydrogen-bond donors (Lipinski definition) is 2. The Morgan fingerprint density at radius 1 is 1.17 bits per heavy atom. The third kappa shape index (κ3) is 5.08. The lowest BCUT2D eigenvalue weighted by Gasteiger charge is -2.42. The Bertz CT molecular complexity index is 379. The maximum absolute atomic E-state index is 5.46. The van der Waals surface area contributed by atoms with Gasteiger partial charge in [-0.15, -0.1) is 0 Å². The van der Waals surface area contributed by atoms with Gasteiger partial charge in [0.2, 0.25) is 0 Å². The van der Waals surface area contributed by atoms with Crippen molar-refractivity contribution >= 4 is 5.96 Å². The van der Waals surface area contributed by atoms with Crippen LogP contribution >= 0.6 is 0 Å². The summed E-state index contributed by atoms with van der Waals surface area (Å²) in [7, 11) is 0. The lowest BCUT2D eigenvalue weighted by Crippen LogP contribution is -2.52. The van der Waals surface area contributed by atoms with Gasteiger partial charge in [0.15, 0.2) is 5.96 Å². The van der Waals surface area contributed by atoms with Crippen LogP contribution in [0.5, 0.6) is 0 Å². The van der Waals surface area contributed by atoms with Gasteiger partial charge in [0, 0.05) is 31.7 Å². The number of nitrogens with one attached hydrogen (secondary N) is 2. The van der Waals surface area contributed by atoms with Gasteiger partial charge in [-0.05, 0) is 45.4 Å². The topological polar surface area (TPSA) is 48.9 Å². The lowest BCUT2D eigenvalue weighted by molar-refractivity contribution is -0.00684. The molecular formula is C18H36N4O. The van der Waals surface area contributed by atoms with Gasteiger partial charge in [-0.25, -0.2) is 0 Å². The van der Waals surface area contributed by atoms with Crippen LogP contribution in [0.3, 0.4) is 0 Å². The Morgan fingerprint density at radius 2 is 1.87 bits per heavy atom. The molecule has 0 aromatic carbocycles. The van der Waals surface area contributed by atoms with Crippen LogP contribution in [0.1, 0.15) is 53.4 Å². The van der Waals surface area contributed by atoms with Gasteiger partial charge in [0.05, 0.1) is 19.8 Å². The number of hydrogen-bond acceptors (Lipinski definition) is 3. The summed E-state index contributed by atoms with van der Waals surface area (Å²) >= 11 is 0. The predicted octanol–water partition coefficient (Wildman–Crippen LogP) is 2.23. The molecule has 2 N–H and O–H groups in total. The van der Waals surface area contributed by atoms with E-state index >= 15 is 0 Å². The van der Waals surface area contributed by atoms with Crippen LogP contribution in [0.25, 0.3) is 0 Å². The maximum atomic E-state index is 5.46. The van der Waals surface area contributed by atoms with Gasteiger partial charge in [-0.3, -0.25) is 9.89 Å². The second-order valence-electron chi connectivity index (χ2n) is 7.67. The van der Waals surface area contributed by atoms with Crippen LogP contribution in [0.15, 0.2) is 4.99 Å². The van der Waals surface area contributed by atoms with Crippen LogP contribution in [0.2, 0.25) is 0 Å². The summed E-state index contributed by atoms with van der Waals surface area (Å²) in [5, 5.41) is 6.98. The largest absolute Gasteiger partial charge is 0.379 e. The molecule has 5 nitrogen and oxygen atoms in total. The molecule has 0 spiro atoms. The first kappa shape index (κ1) is 18.5. The van der Waals surface area contributed by atoms with Gasteiger partial charge in [-0.2, -0.15) is 0 Å². The van der Waals surface area contributed by atoms with E-state index in [0.29, 0.717) is 5.41 Å². The first-order chi connectivity index (χ1) is 11.0. The standard InChI is InChI=1S/C18H36N4O/c1-5-18(8-7-9-18)15-21-16(19-6-2)20-14-17(3,4)22-10-12-23-13-11-22/h5-15H2,1-4H3,(H2,19,20,21). The number of guanidine groups is 1. The van der Waals surface area contributed by atoms with E-state index in [1.807, 2.05) is 0 Å². The molecule has 1 aliphatic carbocycles. The zero-order valence-electron chi connectivity index (χ0n) is 15.6. The Labute approximate surface area is 142 Å². The fourth-order valence-electron chi connectivity index (χ4n) is 3.49. The SMILES string of the molecule is CCNC(=NCC(C)(C)N1CCOCC1)NCC1(CC)CCC1. The molecule has 0 amide bonds. The zero-order chi connectivity index (χ0) is 16.8. The summed E-state index contributed by atoms with van der Waals surface area (Å²) in [6, 6.07) is 0. The molecule has 5 heteroatoms. The van der Waals surface area contributed by atoms with Crippen molar-refractivity contribution in [1.82, 2.24) is 15.5 Å². The summed E-state index contributed by atoms with van der Waals surface area (Å²) in [4.78, 5) is 7.36. The number of aliphatic imine (C=N–C) groups is 1. The number of morpholine rings is 1. The Kier molecular flexibility index (Phi) is 6.72. The highest BCUT2D eigenvalue weighted by Crippen LogP contribution is 2.42. The first-order valence-electron chi connectivity index (χ1n) is 9.36. The summed E-state index contributed by atoms with van der Waals surface area (Å²) in [6.07, 6.45) is 5.36. The fourth-order valence-corrected chi connectivity index (χ4v) is 3.49. The highest BCUT2D eigenvalue weighted by Gasteiger charge is 2.35. The Balaban J connectivity index is 1.89. The maximum Gasteiger partial charge on any atom is 0.191 e. The van der Waals surface area contributed by atoms with E-state index in [2.05, 4.69) is 43.2 Å². The van der Waals surface area contributed by atoms with Crippen LogP contribution in [-0.4, -0.2) is 62.3 Å². The predicted molar refractivity (Wildman–Crippen MR) is 97.0 cm³/mol. The Hall–Kier alpha value is -0.810. The summed E-state index contributed by atoms with van der Waals surface area (Å²) in [6.45, 7) is 15.5. The molecule has 0 aromatic heterocycles. The minimum absolute atomic E-state index is 0.0744. The molecule has 1 heterocycles. The molecule has 0 aromatic rings. The summed E-state index contributed by atoms with van der Waals surface area (Å²) in [5.74, 6) is 0.966. The number of nitrogens with zero attached hydrogens (tertiary/aromatic N) is 2. The molecule has 0 atom stereocenters. The van der Waals surface area contributed by atoms with Gasteiger partial charge < -0.3 is 15.4 Å². The van der Waals surface area contributed by atoms with Crippen molar-refractivity contribution in [2.45, 2.75) is 58.9 Å². The van der Waals surface area contributed by atoms with Crippen molar-refractivity contribution < 1.29 is 4.74 Å². The number of rotatable bonds is 7. The minimum atomic E-state index is 0.0744. The molecule has 1 saturated carbocycles. The molecule has 0 radical (unpaired) electrons. The molecule has 1 aliphatic heterocycles. The molecule has 2 aliphatic rings. The third-order valence-corrected chi connectivity index (χ3v) is 5.63. The van der Waals surface area contributed by atoms with Gasteiger partial charge in [0.25, 0.3) is 0 Å². The second kappa shape index (κ2) is 8.34. The smallest absolute Gasteiger partial charge is 0.191 e. The van der Waals surface area contributed by atoms with Crippen LogP contribution in [0.4, 0.5) is 0 Å². The van der Waals surface area contributed by atoms with Crippen molar-refractivity contribution in [3.05, 3.63) is 0 Å². The Morgan fingerprint density at radius 3 is 2.39 bits per heavy atom. The zero-order valence-corrected chi connectivity index (χ0v) is 15.6. The van der Waals surface area contributed by atoms with Gasteiger partial charge in [0.1, 0.15) is 0 Å². The van der Waals surface area contributed by atoms with Gasteiger partial charge >= 0.3 is 0 Å². The molecule has 0 bridgehead atoms. The van der Waals surface area contributed by atoms with Crippen molar-refractivity contribution in [2.24, 2.45) is 10.4 Å². The van der Waals surface area contributed by atoms with E-state index in [1.165, 1.54) is 25.7 Å². The highest BCUT2D eigenvalue weighted by atomic mass is 16.5. The van der Waals surface area contributed by atoms with E-state index in [9.17, 15) is 0 Å². The fraction of sp³-hybridized carbons (Fsp3) is 0.944. The third-order valence-electron chi connectivity index (χ3n) is 5.63. The summed E-state index contributed by atoms with van der Waals surface area (Å²) in [5.41, 5.74) is 0.584. The van der Waals surface area contributed by atoms with Crippen molar-refractivity contribution in [2.75, 3.05) is 45.9 Å². The molecule has 23 heavy (non-hydrogen) atoms. The van der Waals surface area contributed by atoms with E-state index in [1.54, 1.807) is 0 Å². The lowest BCUT2D eigenvalue weighted by atomic mass is 9.67. The molecule has 2 rings (SSSR count). The van der Waals surface area contributed by atoms with E-state index in [4.69, 9.17) is 9.73 Å². The average Bonchev–Trinajstić information content (AvgIpc) is 2.53. The average molecular weight is 325 g/mol. The van der Waals surface area contributed by atoms with Crippen molar-refractivity contribution in [3.8, 4) is 0 Å². The molecule has 1 saturated heterocycles. The minimum Gasteiger partial charge on any atom is -0.379 e. The quantitative estimate of drug-likeness (QED) is 0.557. The van der Waals surface area contributed by atoms with Crippen LogP contribution in [-0.2, 0) is 4.74 Å². The first-order valence-corrected chi connectivity index (χ1v) is 9.36. The molecule has 0 unspecified atom stereocenters. The van der Waals surface area contributed by atoms with E-state index in [-0.39, 0.29) is 5.54 Å². The van der Waals surface area contributed by atoms with Crippen LogP contribution in [0, 0.1) is 5.41 Å². The normalized spacial score (nSPS) is 22.5. The molecular weight excluding hydrogens is 288 g/mol. The highest BCUT2D eigenvalue weighted by molar-refractivity contribution is 5.79.